The fourth-order valence-corrected chi connectivity index (χ4v) is 4.22. The Hall–Kier alpha value is -2.27. The Morgan fingerprint density at radius 3 is 2.54 bits per heavy atom. The summed E-state index contributed by atoms with van der Waals surface area (Å²) >= 11 is 5.94. The molecular weight excluding hydrogens is 350 g/mol. The first-order valence-corrected chi connectivity index (χ1v) is 9.37. The maximum Gasteiger partial charge on any atom is 0.255 e. The van der Waals surface area contributed by atoms with Crippen LogP contribution in [0.4, 0.5) is 0 Å². The van der Waals surface area contributed by atoms with Crippen LogP contribution >= 0.6 is 11.6 Å². The van der Waals surface area contributed by atoms with Crippen LogP contribution in [0.3, 0.4) is 0 Å². The van der Waals surface area contributed by atoms with Crippen LogP contribution in [0.15, 0.2) is 42.7 Å². The third-order valence-electron chi connectivity index (χ3n) is 5.65. The molecule has 1 aromatic heterocycles. The van der Waals surface area contributed by atoms with Crippen molar-refractivity contribution in [2.75, 3.05) is 19.6 Å². The number of carbonyl (C=O) groups is 2. The molecule has 6 heteroatoms. The van der Waals surface area contributed by atoms with Gasteiger partial charge in [0.25, 0.3) is 5.91 Å². The van der Waals surface area contributed by atoms with Crippen molar-refractivity contribution < 1.29 is 9.59 Å². The van der Waals surface area contributed by atoms with Crippen molar-refractivity contribution in [3.8, 4) is 0 Å². The summed E-state index contributed by atoms with van der Waals surface area (Å²) in [7, 11) is 0. The fourth-order valence-electron chi connectivity index (χ4n) is 4.09. The van der Waals surface area contributed by atoms with E-state index in [-0.39, 0.29) is 17.2 Å². The van der Waals surface area contributed by atoms with Crippen LogP contribution in [-0.4, -0.2) is 46.2 Å². The van der Waals surface area contributed by atoms with E-state index in [1.54, 1.807) is 18.5 Å². The lowest BCUT2D eigenvalue weighted by Gasteiger charge is -2.38. The zero-order valence-electron chi connectivity index (χ0n) is 14.6. The predicted octanol–water partition coefficient (Wildman–Crippen LogP) is 3.32. The van der Waals surface area contributed by atoms with Crippen LogP contribution < -0.4 is 0 Å². The second-order valence-corrected chi connectivity index (χ2v) is 7.88. The fraction of sp³-hybridized carbons (Fsp3) is 0.400. The summed E-state index contributed by atoms with van der Waals surface area (Å²) in [6.45, 7) is 2.84. The molecular formula is C20H22ClN3O2. The van der Waals surface area contributed by atoms with E-state index in [2.05, 4.69) is 4.98 Å². The molecule has 2 amide bonds. The zero-order valence-corrected chi connectivity index (χ0v) is 15.3. The van der Waals surface area contributed by atoms with E-state index in [0.29, 0.717) is 36.6 Å². The molecule has 0 saturated carbocycles. The highest BCUT2D eigenvalue weighted by Crippen LogP contribution is 2.41. The number of aromatic amines is 1. The molecule has 26 heavy (non-hydrogen) atoms. The molecule has 4 rings (SSSR count). The van der Waals surface area contributed by atoms with Crippen LogP contribution in [0.5, 0.6) is 0 Å². The normalized spacial score (nSPS) is 19.3. The molecule has 136 valence electrons. The molecule has 0 atom stereocenters. The molecule has 2 fully saturated rings. The highest BCUT2D eigenvalue weighted by molar-refractivity contribution is 6.30. The summed E-state index contributed by atoms with van der Waals surface area (Å²) in [5, 5.41) is 0.706. The van der Waals surface area contributed by atoms with E-state index in [4.69, 9.17) is 11.6 Å². The van der Waals surface area contributed by atoms with E-state index in [0.717, 1.165) is 24.9 Å². The summed E-state index contributed by atoms with van der Waals surface area (Å²) < 4.78 is 0. The Kier molecular flexibility index (Phi) is 4.49. The van der Waals surface area contributed by atoms with Gasteiger partial charge in [0, 0.05) is 55.4 Å². The summed E-state index contributed by atoms with van der Waals surface area (Å²) in [4.78, 5) is 31.8. The topological polar surface area (TPSA) is 56.4 Å². The number of halogens is 1. The first kappa shape index (κ1) is 17.2. The molecule has 2 aliphatic heterocycles. The van der Waals surface area contributed by atoms with Crippen molar-refractivity contribution in [1.29, 1.82) is 0 Å². The van der Waals surface area contributed by atoms with E-state index >= 15 is 0 Å². The lowest BCUT2D eigenvalue weighted by atomic mass is 9.77. The van der Waals surface area contributed by atoms with Crippen LogP contribution in [0.25, 0.3) is 0 Å². The third kappa shape index (κ3) is 3.36. The van der Waals surface area contributed by atoms with Crippen molar-refractivity contribution >= 4 is 23.4 Å². The number of hydrogen-bond acceptors (Lipinski definition) is 2. The monoisotopic (exact) mass is 371 g/mol. The molecule has 0 bridgehead atoms. The quantitative estimate of drug-likeness (QED) is 0.899. The van der Waals surface area contributed by atoms with Gasteiger partial charge in [-0.05, 0) is 36.6 Å². The van der Waals surface area contributed by atoms with Crippen LogP contribution in [0.1, 0.15) is 35.2 Å². The van der Waals surface area contributed by atoms with Crippen molar-refractivity contribution in [3.63, 3.8) is 0 Å². The zero-order chi connectivity index (χ0) is 18.1. The number of rotatable bonds is 3. The number of benzene rings is 1. The minimum absolute atomic E-state index is 0.0123. The van der Waals surface area contributed by atoms with Gasteiger partial charge in [-0.2, -0.15) is 0 Å². The van der Waals surface area contributed by atoms with Gasteiger partial charge in [0.15, 0.2) is 0 Å². The van der Waals surface area contributed by atoms with Crippen molar-refractivity contribution in [1.82, 2.24) is 14.8 Å². The molecule has 2 aromatic rings. The van der Waals surface area contributed by atoms with Crippen molar-refractivity contribution in [2.45, 2.75) is 25.8 Å². The standard InChI is InChI=1S/C20H22ClN3O2/c21-17-3-1-15(2-4-17)13-24-14-20(11-18(24)25)6-9-23(10-7-20)19(26)16-5-8-22-12-16/h1-5,8,12,22H,6-7,9-11,13-14H2. The van der Waals surface area contributed by atoms with Gasteiger partial charge in [0.2, 0.25) is 5.91 Å². The third-order valence-corrected chi connectivity index (χ3v) is 5.90. The summed E-state index contributed by atoms with van der Waals surface area (Å²) in [5.41, 5.74) is 1.81. The Morgan fingerprint density at radius 1 is 1.15 bits per heavy atom. The first-order chi connectivity index (χ1) is 12.5. The molecule has 0 unspecified atom stereocenters. The second kappa shape index (κ2) is 6.80. The Balaban J connectivity index is 1.38. The van der Waals surface area contributed by atoms with Crippen LogP contribution in [-0.2, 0) is 11.3 Å². The smallest absolute Gasteiger partial charge is 0.255 e. The first-order valence-electron chi connectivity index (χ1n) is 8.99. The lowest BCUT2D eigenvalue weighted by molar-refractivity contribution is -0.128. The number of nitrogens with one attached hydrogen (secondary N) is 1. The maximum atomic E-state index is 12.5. The van der Waals surface area contributed by atoms with Crippen LogP contribution in [0.2, 0.25) is 5.02 Å². The highest BCUT2D eigenvalue weighted by atomic mass is 35.5. The van der Waals surface area contributed by atoms with Gasteiger partial charge in [0.05, 0.1) is 5.56 Å². The predicted molar refractivity (Wildman–Crippen MR) is 99.8 cm³/mol. The van der Waals surface area contributed by atoms with E-state index < -0.39 is 0 Å². The second-order valence-electron chi connectivity index (χ2n) is 7.44. The van der Waals surface area contributed by atoms with Gasteiger partial charge in [-0.25, -0.2) is 0 Å². The molecule has 1 spiro atoms. The Labute approximate surface area is 157 Å². The minimum Gasteiger partial charge on any atom is -0.367 e. The number of amides is 2. The van der Waals surface area contributed by atoms with Crippen LogP contribution in [0, 0.1) is 5.41 Å². The average molecular weight is 372 g/mol. The number of aromatic nitrogens is 1. The van der Waals surface area contributed by atoms with E-state index in [1.807, 2.05) is 34.1 Å². The number of piperidine rings is 1. The Morgan fingerprint density at radius 2 is 1.88 bits per heavy atom. The van der Waals surface area contributed by atoms with Gasteiger partial charge in [0.1, 0.15) is 0 Å². The summed E-state index contributed by atoms with van der Waals surface area (Å²) in [6.07, 6.45) is 5.85. The molecule has 2 saturated heterocycles. The largest absolute Gasteiger partial charge is 0.367 e. The summed E-state index contributed by atoms with van der Waals surface area (Å²) in [5.74, 6) is 0.286. The Bertz CT molecular complexity index is 793. The number of likely N-dealkylation sites (tertiary alicyclic amines) is 2. The van der Waals surface area contributed by atoms with Crippen molar-refractivity contribution in [2.24, 2.45) is 5.41 Å². The number of hydrogen-bond donors (Lipinski definition) is 1. The molecule has 1 N–H and O–H groups in total. The van der Waals surface area contributed by atoms with Gasteiger partial charge < -0.3 is 14.8 Å². The number of carbonyl (C=O) groups excluding carboxylic acids is 2. The van der Waals surface area contributed by atoms with Gasteiger partial charge >= 0.3 is 0 Å². The molecule has 0 radical (unpaired) electrons. The summed E-state index contributed by atoms with van der Waals surface area (Å²) in [6, 6.07) is 9.47. The molecule has 2 aliphatic rings. The highest BCUT2D eigenvalue weighted by Gasteiger charge is 2.45. The lowest BCUT2D eigenvalue weighted by Crippen LogP contribution is -2.44. The number of nitrogens with zero attached hydrogens (tertiary/aromatic N) is 2. The van der Waals surface area contributed by atoms with Gasteiger partial charge in [-0.3, -0.25) is 9.59 Å². The molecule has 3 heterocycles. The van der Waals surface area contributed by atoms with Gasteiger partial charge in [-0.1, -0.05) is 23.7 Å². The average Bonchev–Trinajstić information content (AvgIpc) is 3.26. The maximum absolute atomic E-state index is 12.5. The van der Waals surface area contributed by atoms with E-state index in [9.17, 15) is 9.59 Å². The SMILES string of the molecule is O=C1CC2(CCN(C(=O)c3cc[nH]c3)CC2)CN1Cc1ccc(Cl)cc1. The number of H-pyrrole nitrogens is 1. The van der Waals surface area contributed by atoms with Gasteiger partial charge in [-0.15, -0.1) is 0 Å². The van der Waals surface area contributed by atoms with Crippen molar-refractivity contribution in [3.05, 3.63) is 58.9 Å². The molecule has 1 aromatic carbocycles. The minimum atomic E-state index is 0.0123. The van der Waals surface area contributed by atoms with E-state index in [1.165, 1.54) is 0 Å². The molecule has 0 aliphatic carbocycles. The molecule has 5 nitrogen and oxygen atoms in total.